The van der Waals surface area contributed by atoms with Crippen LogP contribution in [0.3, 0.4) is 0 Å². The molecule has 0 aromatic carbocycles. The molecule has 0 aromatic rings. The van der Waals surface area contributed by atoms with Crippen molar-refractivity contribution in [1.82, 2.24) is 5.32 Å². The molecule has 0 fully saturated rings. The molecule has 15 heavy (non-hydrogen) atoms. The molecule has 0 spiro atoms. The third kappa shape index (κ3) is 6.47. The van der Waals surface area contributed by atoms with E-state index in [1.807, 2.05) is 13.8 Å². The zero-order valence-corrected chi connectivity index (χ0v) is 10.2. The highest BCUT2D eigenvalue weighted by Gasteiger charge is 2.17. The van der Waals surface area contributed by atoms with Crippen molar-refractivity contribution in [2.24, 2.45) is 17.6 Å². The van der Waals surface area contributed by atoms with E-state index < -0.39 is 6.10 Å². The van der Waals surface area contributed by atoms with Crippen LogP contribution in [0.5, 0.6) is 0 Å². The average molecular weight is 216 g/mol. The lowest BCUT2D eigenvalue weighted by Gasteiger charge is -2.18. The van der Waals surface area contributed by atoms with E-state index in [0.29, 0.717) is 18.9 Å². The summed E-state index contributed by atoms with van der Waals surface area (Å²) in [4.78, 5) is 11.5. The second-order valence-electron chi connectivity index (χ2n) is 4.68. The molecule has 0 aliphatic rings. The molecule has 4 nitrogen and oxygen atoms in total. The van der Waals surface area contributed by atoms with Crippen LogP contribution in [0.15, 0.2) is 0 Å². The Kier molecular flexibility index (Phi) is 6.52. The first-order chi connectivity index (χ1) is 6.84. The number of hydrogen-bond donors (Lipinski definition) is 3. The van der Waals surface area contributed by atoms with Crippen LogP contribution in [0.25, 0.3) is 0 Å². The standard InChI is InChI=1S/C11H24N2O2/c1-7(2)5-10(14)6-13-11(15)8(3)9(4)12/h7-10,14H,5-6,12H2,1-4H3,(H,13,15). The van der Waals surface area contributed by atoms with Gasteiger partial charge in [0.05, 0.1) is 6.10 Å². The van der Waals surface area contributed by atoms with E-state index in [2.05, 4.69) is 5.32 Å². The summed E-state index contributed by atoms with van der Waals surface area (Å²) in [6, 6.07) is -0.160. The van der Waals surface area contributed by atoms with Crippen LogP contribution >= 0.6 is 0 Å². The summed E-state index contributed by atoms with van der Waals surface area (Å²) >= 11 is 0. The van der Waals surface area contributed by atoms with Gasteiger partial charge in [0, 0.05) is 18.5 Å². The number of nitrogens with two attached hydrogens (primary N) is 1. The Bertz CT molecular complexity index is 193. The molecule has 90 valence electrons. The molecule has 0 aliphatic heterocycles. The van der Waals surface area contributed by atoms with E-state index in [4.69, 9.17) is 5.73 Å². The summed E-state index contributed by atoms with van der Waals surface area (Å²) in [7, 11) is 0. The monoisotopic (exact) mass is 216 g/mol. The number of hydrogen-bond acceptors (Lipinski definition) is 3. The fourth-order valence-corrected chi connectivity index (χ4v) is 1.25. The number of carbonyl (C=O) groups excluding carboxylic acids is 1. The summed E-state index contributed by atoms with van der Waals surface area (Å²) in [6.45, 7) is 7.98. The predicted octanol–water partition coefficient (Wildman–Crippen LogP) is 0.493. The minimum absolute atomic E-state index is 0.0900. The Hall–Kier alpha value is -0.610. The maximum absolute atomic E-state index is 11.5. The maximum Gasteiger partial charge on any atom is 0.224 e. The van der Waals surface area contributed by atoms with Crippen molar-refractivity contribution in [2.75, 3.05) is 6.54 Å². The van der Waals surface area contributed by atoms with Gasteiger partial charge in [0.1, 0.15) is 0 Å². The highest BCUT2D eigenvalue weighted by Crippen LogP contribution is 2.04. The maximum atomic E-state index is 11.5. The Morgan fingerprint density at radius 3 is 2.27 bits per heavy atom. The van der Waals surface area contributed by atoms with E-state index in [1.54, 1.807) is 13.8 Å². The molecule has 0 saturated carbocycles. The molecule has 0 radical (unpaired) electrons. The molecule has 0 heterocycles. The Morgan fingerprint density at radius 2 is 1.87 bits per heavy atom. The molecule has 0 saturated heterocycles. The van der Waals surface area contributed by atoms with Crippen molar-refractivity contribution in [3.63, 3.8) is 0 Å². The van der Waals surface area contributed by atoms with Crippen LogP contribution in [0.1, 0.15) is 34.1 Å². The summed E-state index contributed by atoms with van der Waals surface area (Å²) < 4.78 is 0. The molecule has 1 amide bonds. The van der Waals surface area contributed by atoms with Gasteiger partial charge in [-0.25, -0.2) is 0 Å². The zero-order chi connectivity index (χ0) is 12.0. The quantitative estimate of drug-likeness (QED) is 0.605. The number of amides is 1. The second-order valence-corrected chi connectivity index (χ2v) is 4.68. The van der Waals surface area contributed by atoms with Crippen LogP contribution in [0.4, 0.5) is 0 Å². The van der Waals surface area contributed by atoms with Gasteiger partial charge in [0.2, 0.25) is 5.91 Å². The smallest absolute Gasteiger partial charge is 0.224 e. The van der Waals surface area contributed by atoms with Crippen molar-refractivity contribution < 1.29 is 9.90 Å². The molecule has 4 heteroatoms. The van der Waals surface area contributed by atoms with Crippen LogP contribution in [-0.2, 0) is 4.79 Å². The SMILES string of the molecule is CC(C)CC(O)CNC(=O)C(C)C(C)N. The highest BCUT2D eigenvalue weighted by molar-refractivity contribution is 5.78. The lowest BCUT2D eigenvalue weighted by Crippen LogP contribution is -2.41. The van der Waals surface area contributed by atoms with Crippen molar-refractivity contribution in [3.05, 3.63) is 0 Å². The van der Waals surface area contributed by atoms with E-state index in [-0.39, 0.29) is 17.9 Å². The minimum Gasteiger partial charge on any atom is -0.391 e. The molecular weight excluding hydrogens is 192 g/mol. The van der Waals surface area contributed by atoms with Gasteiger partial charge < -0.3 is 16.2 Å². The van der Waals surface area contributed by atoms with Crippen LogP contribution in [0.2, 0.25) is 0 Å². The summed E-state index contributed by atoms with van der Waals surface area (Å²) in [5, 5.41) is 12.2. The van der Waals surface area contributed by atoms with Crippen molar-refractivity contribution >= 4 is 5.91 Å². The Balaban J connectivity index is 3.80. The molecule has 0 rings (SSSR count). The first-order valence-corrected chi connectivity index (χ1v) is 5.56. The summed E-state index contributed by atoms with van der Waals surface area (Å²) in [6.07, 6.45) is 0.238. The fourth-order valence-electron chi connectivity index (χ4n) is 1.25. The van der Waals surface area contributed by atoms with Gasteiger partial charge >= 0.3 is 0 Å². The lowest BCUT2D eigenvalue weighted by atomic mass is 10.0. The molecule has 3 unspecified atom stereocenters. The largest absolute Gasteiger partial charge is 0.391 e. The topological polar surface area (TPSA) is 75.3 Å². The Morgan fingerprint density at radius 1 is 1.33 bits per heavy atom. The normalized spacial score (nSPS) is 17.3. The molecule has 3 atom stereocenters. The molecular formula is C11H24N2O2. The molecule has 0 bridgehead atoms. The summed E-state index contributed by atoms with van der Waals surface area (Å²) in [5.41, 5.74) is 5.60. The molecule has 4 N–H and O–H groups in total. The van der Waals surface area contributed by atoms with Gasteiger partial charge in [-0.15, -0.1) is 0 Å². The van der Waals surface area contributed by atoms with Crippen LogP contribution in [-0.4, -0.2) is 29.7 Å². The number of carbonyl (C=O) groups is 1. The number of nitrogens with one attached hydrogen (secondary N) is 1. The highest BCUT2D eigenvalue weighted by atomic mass is 16.3. The van der Waals surface area contributed by atoms with E-state index in [9.17, 15) is 9.90 Å². The van der Waals surface area contributed by atoms with Crippen molar-refractivity contribution in [2.45, 2.75) is 46.3 Å². The average Bonchev–Trinajstić information content (AvgIpc) is 2.11. The number of aliphatic hydroxyl groups excluding tert-OH is 1. The zero-order valence-electron chi connectivity index (χ0n) is 10.2. The van der Waals surface area contributed by atoms with E-state index in [0.717, 1.165) is 0 Å². The first-order valence-electron chi connectivity index (χ1n) is 5.56. The predicted molar refractivity (Wildman–Crippen MR) is 61.3 cm³/mol. The van der Waals surface area contributed by atoms with Crippen molar-refractivity contribution in [1.29, 1.82) is 0 Å². The van der Waals surface area contributed by atoms with Gasteiger partial charge in [-0.05, 0) is 19.3 Å². The molecule has 0 aromatic heterocycles. The third-order valence-corrected chi connectivity index (χ3v) is 2.46. The number of rotatable bonds is 6. The Labute approximate surface area is 92.2 Å². The van der Waals surface area contributed by atoms with Gasteiger partial charge in [-0.3, -0.25) is 4.79 Å². The lowest BCUT2D eigenvalue weighted by molar-refractivity contribution is -0.125. The van der Waals surface area contributed by atoms with Gasteiger partial charge in [-0.1, -0.05) is 20.8 Å². The fraction of sp³-hybridized carbons (Fsp3) is 0.909. The van der Waals surface area contributed by atoms with E-state index in [1.165, 1.54) is 0 Å². The van der Waals surface area contributed by atoms with Crippen LogP contribution < -0.4 is 11.1 Å². The van der Waals surface area contributed by atoms with Gasteiger partial charge in [-0.2, -0.15) is 0 Å². The second kappa shape index (κ2) is 6.80. The van der Waals surface area contributed by atoms with Crippen LogP contribution in [0, 0.1) is 11.8 Å². The number of aliphatic hydroxyl groups is 1. The summed E-state index contributed by atoms with van der Waals surface area (Å²) in [5.74, 6) is 0.131. The first kappa shape index (κ1) is 14.4. The molecule has 0 aliphatic carbocycles. The third-order valence-electron chi connectivity index (χ3n) is 2.46. The van der Waals surface area contributed by atoms with E-state index >= 15 is 0 Å². The van der Waals surface area contributed by atoms with Gasteiger partial charge in [0.15, 0.2) is 0 Å². The minimum atomic E-state index is -0.464. The van der Waals surface area contributed by atoms with Crippen molar-refractivity contribution in [3.8, 4) is 0 Å². The van der Waals surface area contributed by atoms with Gasteiger partial charge in [0.25, 0.3) is 0 Å².